The SMILES string of the molecule is CC(=O)c1[nH]c(C)c(C(=O)Nc2cccc(NC(=O)CC(C)C)c2C)c1C. The van der Waals surface area contributed by atoms with Gasteiger partial charge in [0.25, 0.3) is 5.91 Å². The predicted molar refractivity (Wildman–Crippen MR) is 107 cm³/mol. The summed E-state index contributed by atoms with van der Waals surface area (Å²) in [4.78, 5) is 39.5. The summed E-state index contributed by atoms with van der Waals surface area (Å²) < 4.78 is 0. The molecule has 0 bridgehead atoms. The molecule has 2 amide bonds. The average Bonchev–Trinajstić information content (AvgIpc) is 2.85. The number of carbonyl (C=O) groups is 3. The Morgan fingerprint density at radius 3 is 2.11 bits per heavy atom. The van der Waals surface area contributed by atoms with Crippen LogP contribution in [0.2, 0.25) is 0 Å². The van der Waals surface area contributed by atoms with Gasteiger partial charge in [0.2, 0.25) is 5.91 Å². The fraction of sp³-hybridized carbons (Fsp3) is 0.381. The minimum atomic E-state index is -0.289. The summed E-state index contributed by atoms with van der Waals surface area (Å²) in [7, 11) is 0. The van der Waals surface area contributed by atoms with Crippen molar-refractivity contribution in [2.45, 2.75) is 48.0 Å². The van der Waals surface area contributed by atoms with E-state index < -0.39 is 0 Å². The fourth-order valence-electron chi connectivity index (χ4n) is 3.11. The van der Waals surface area contributed by atoms with Crippen molar-refractivity contribution in [2.24, 2.45) is 5.92 Å². The fourth-order valence-corrected chi connectivity index (χ4v) is 3.11. The highest BCUT2D eigenvalue weighted by Gasteiger charge is 2.21. The quantitative estimate of drug-likeness (QED) is 0.660. The topological polar surface area (TPSA) is 91.1 Å². The maximum atomic E-state index is 12.8. The van der Waals surface area contributed by atoms with Gasteiger partial charge in [-0.1, -0.05) is 19.9 Å². The zero-order valence-corrected chi connectivity index (χ0v) is 16.7. The number of ketones is 1. The minimum Gasteiger partial charge on any atom is -0.355 e. The molecule has 0 radical (unpaired) electrons. The molecular formula is C21H27N3O3. The Labute approximate surface area is 159 Å². The molecule has 0 atom stereocenters. The van der Waals surface area contributed by atoms with Gasteiger partial charge in [0.1, 0.15) is 0 Å². The van der Waals surface area contributed by atoms with Gasteiger partial charge in [-0.25, -0.2) is 0 Å². The molecule has 0 aliphatic carbocycles. The second-order valence-electron chi connectivity index (χ2n) is 7.26. The Bertz CT molecular complexity index is 894. The molecule has 2 aromatic rings. The highest BCUT2D eigenvalue weighted by atomic mass is 16.2. The van der Waals surface area contributed by atoms with Crippen LogP contribution in [0.25, 0.3) is 0 Å². The molecule has 0 aliphatic heterocycles. The van der Waals surface area contributed by atoms with E-state index in [-0.39, 0.29) is 23.5 Å². The molecule has 1 aromatic carbocycles. The van der Waals surface area contributed by atoms with Gasteiger partial charge in [-0.3, -0.25) is 14.4 Å². The third-order valence-electron chi connectivity index (χ3n) is 4.47. The van der Waals surface area contributed by atoms with Crippen LogP contribution in [0.5, 0.6) is 0 Å². The number of aromatic amines is 1. The number of rotatable bonds is 6. The molecule has 144 valence electrons. The number of carbonyl (C=O) groups excluding carboxylic acids is 3. The highest BCUT2D eigenvalue weighted by molar-refractivity contribution is 6.09. The molecule has 0 spiro atoms. The molecular weight excluding hydrogens is 342 g/mol. The normalized spacial score (nSPS) is 10.8. The lowest BCUT2D eigenvalue weighted by atomic mass is 10.1. The molecule has 0 fully saturated rings. The van der Waals surface area contributed by atoms with Crippen LogP contribution < -0.4 is 10.6 Å². The maximum Gasteiger partial charge on any atom is 0.257 e. The van der Waals surface area contributed by atoms with Gasteiger partial charge in [0.05, 0.1) is 11.3 Å². The number of Topliss-reactive ketones (excluding diaryl/α,β-unsaturated/α-hetero) is 1. The van der Waals surface area contributed by atoms with E-state index in [0.29, 0.717) is 40.3 Å². The van der Waals surface area contributed by atoms with Crippen LogP contribution in [0.1, 0.15) is 64.9 Å². The lowest BCUT2D eigenvalue weighted by molar-refractivity contribution is -0.116. The van der Waals surface area contributed by atoms with Crippen molar-refractivity contribution in [3.05, 3.63) is 46.3 Å². The van der Waals surface area contributed by atoms with E-state index in [1.54, 1.807) is 26.0 Å². The van der Waals surface area contributed by atoms with E-state index in [9.17, 15) is 14.4 Å². The number of hydrogen-bond acceptors (Lipinski definition) is 3. The molecule has 0 unspecified atom stereocenters. The first kappa shape index (κ1) is 20.4. The number of nitrogens with one attached hydrogen (secondary N) is 3. The van der Waals surface area contributed by atoms with Crippen LogP contribution in [-0.4, -0.2) is 22.6 Å². The second-order valence-corrected chi connectivity index (χ2v) is 7.26. The number of anilines is 2. The summed E-state index contributed by atoms with van der Waals surface area (Å²) in [5, 5.41) is 5.79. The summed E-state index contributed by atoms with van der Waals surface area (Å²) in [6.45, 7) is 10.8. The Kier molecular flexibility index (Phi) is 6.20. The largest absolute Gasteiger partial charge is 0.355 e. The van der Waals surface area contributed by atoms with Gasteiger partial charge >= 0.3 is 0 Å². The molecule has 6 heteroatoms. The zero-order valence-electron chi connectivity index (χ0n) is 16.7. The summed E-state index contributed by atoms with van der Waals surface area (Å²) in [5.41, 5.74) is 4.27. The first-order valence-electron chi connectivity index (χ1n) is 9.02. The molecule has 6 nitrogen and oxygen atoms in total. The monoisotopic (exact) mass is 369 g/mol. The van der Waals surface area contributed by atoms with Gasteiger partial charge in [-0.15, -0.1) is 0 Å². The number of aryl methyl sites for hydroxylation is 1. The van der Waals surface area contributed by atoms with Crippen molar-refractivity contribution in [1.29, 1.82) is 0 Å². The first-order valence-corrected chi connectivity index (χ1v) is 9.02. The summed E-state index contributed by atoms with van der Waals surface area (Å²) in [6, 6.07) is 5.38. The smallest absolute Gasteiger partial charge is 0.257 e. The van der Waals surface area contributed by atoms with Gasteiger partial charge in [-0.05, 0) is 49.9 Å². The zero-order chi connectivity index (χ0) is 20.3. The molecule has 3 N–H and O–H groups in total. The van der Waals surface area contributed by atoms with E-state index in [4.69, 9.17) is 0 Å². The van der Waals surface area contributed by atoms with Crippen molar-refractivity contribution in [3.8, 4) is 0 Å². The Hall–Kier alpha value is -2.89. The molecule has 0 aliphatic rings. The van der Waals surface area contributed by atoms with Crippen molar-refractivity contribution >= 4 is 29.0 Å². The first-order chi connectivity index (χ1) is 12.6. The van der Waals surface area contributed by atoms with Crippen LogP contribution in [0.15, 0.2) is 18.2 Å². The summed E-state index contributed by atoms with van der Waals surface area (Å²) in [6.07, 6.45) is 0.436. The van der Waals surface area contributed by atoms with E-state index in [1.165, 1.54) is 6.92 Å². The highest BCUT2D eigenvalue weighted by Crippen LogP contribution is 2.26. The van der Waals surface area contributed by atoms with E-state index in [2.05, 4.69) is 15.6 Å². The van der Waals surface area contributed by atoms with Crippen molar-refractivity contribution < 1.29 is 14.4 Å². The molecule has 0 saturated carbocycles. The lowest BCUT2D eigenvalue weighted by Gasteiger charge is -2.14. The minimum absolute atomic E-state index is 0.0556. The number of hydrogen-bond donors (Lipinski definition) is 3. The molecule has 0 saturated heterocycles. The predicted octanol–water partition coefficient (Wildman–Crippen LogP) is 4.38. The number of amides is 2. The van der Waals surface area contributed by atoms with Gasteiger partial charge in [-0.2, -0.15) is 0 Å². The van der Waals surface area contributed by atoms with Crippen LogP contribution in [-0.2, 0) is 4.79 Å². The van der Waals surface area contributed by atoms with Crippen LogP contribution >= 0.6 is 0 Å². The van der Waals surface area contributed by atoms with Gasteiger partial charge < -0.3 is 15.6 Å². The maximum absolute atomic E-state index is 12.8. The van der Waals surface area contributed by atoms with E-state index >= 15 is 0 Å². The Morgan fingerprint density at radius 1 is 1.00 bits per heavy atom. The number of H-pyrrole nitrogens is 1. The third kappa shape index (κ3) is 4.64. The van der Waals surface area contributed by atoms with Crippen LogP contribution in [0, 0.1) is 26.7 Å². The Morgan fingerprint density at radius 2 is 1.59 bits per heavy atom. The van der Waals surface area contributed by atoms with Gasteiger partial charge in [0, 0.05) is 30.4 Å². The standard InChI is InChI=1S/C21H27N3O3/c1-11(2)10-18(26)23-16-8-7-9-17(12(16)3)24-21(27)19-13(4)20(15(6)25)22-14(19)5/h7-9,11,22H,10H2,1-6H3,(H,23,26)(H,24,27). The van der Waals surface area contributed by atoms with Crippen molar-refractivity contribution in [3.63, 3.8) is 0 Å². The lowest BCUT2D eigenvalue weighted by Crippen LogP contribution is -2.17. The molecule has 2 rings (SSSR count). The molecule has 1 aromatic heterocycles. The Balaban J connectivity index is 2.26. The van der Waals surface area contributed by atoms with Crippen LogP contribution in [0.3, 0.4) is 0 Å². The number of benzene rings is 1. The second kappa shape index (κ2) is 8.20. The summed E-state index contributed by atoms with van der Waals surface area (Å²) >= 11 is 0. The number of aromatic nitrogens is 1. The van der Waals surface area contributed by atoms with E-state index in [1.807, 2.05) is 26.8 Å². The van der Waals surface area contributed by atoms with Crippen LogP contribution in [0.4, 0.5) is 11.4 Å². The van der Waals surface area contributed by atoms with Crippen molar-refractivity contribution in [2.75, 3.05) is 10.6 Å². The van der Waals surface area contributed by atoms with Crippen molar-refractivity contribution in [1.82, 2.24) is 4.98 Å². The van der Waals surface area contributed by atoms with Gasteiger partial charge in [0.15, 0.2) is 5.78 Å². The summed E-state index contributed by atoms with van der Waals surface area (Å²) in [5.74, 6) is -0.189. The average molecular weight is 369 g/mol. The van der Waals surface area contributed by atoms with E-state index in [0.717, 1.165) is 5.56 Å². The molecule has 27 heavy (non-hydrogen) atoms. The molecule has 1 heterocycles. The third-order valence-corrected chi connectivity index (χ3v) is 4.47.